The summed E-state index contributed by atoms with van der Waals surface area (Å²) in [5.74, 6) is -3.73. The van der Waals surface area contributed by atoms with Crippen molar-refractivity contribution in [1.29, 1.82) is 5.26 Å². The largest absolute Gasteiger partial charge is 0.343 e. The highest BCUT2D eigenvalue weighted by molar-refractivity contribution is 7.84. The van der Waals surface area contributed by atoms with E-state index in [0.29, 0.717) is 12.8 Å². The standard InChI is InChI=1S/C24H37FN4O9S/c1-22(2)35-18-13-33-24(21(20(18)36-22)37-23(3,4)38-24)14-34-39(31,32)28-7-5-16(6-8-28)27-11-19(30)29-12-15(25)9-17(29)10-26/h15-18,20-21,27H,5-9,11-14H2,1-4H3/t15-,17-,18+,20+,21-,24-/m0/s1. The molecule has 0 radical (unpaired) electrons. The summed E-state index contributed by atoms with van der Waals surface area (Å²) < 4.78 is 76.6. The lowest BCUT2D eigenvalue weighted by atomic mass is 9.98. The summed E-state index contributed by atoms with van der Waals surface area (Å²) in [6, 6.07) is 1.10. The molecule has 0 bridgehead atoms. The predicted octanol–water partition coefficient (Wildman–Crippen LogP) is 0.162. The van der Waals surface area contributed by atoms with Gasteiger partial charge in [0.1, 0.15) is 37.1 Å². The molecule has 5 rings (SSSR count). The number of halogens is 1. The third-order valence-corrected chi connectivity index (χ3v) is 9.13. The molecule has 0 aromatic heterocycles. The first-order chi connectivity index (χ1) is 18.2. The summed E-state index contributed by atoms with van der Waals surface area (Å²) in [4.78, 5) is 13.7. The van der Waals surface area contributed by atoms with Crippen LogP contribution in [0.3, 0.4) is 0 Å². The smallest absolute Gasteiger partial charge is 0.338 e. The molecule has 5 fully saturated rings. The topological polar surface area (TPSA) is 149 Å². The van der Waals surface area contributed by atoms with E-state index in [1.165, 1.54) is 9.21 Å². The Morgan fingerprint density at radius 2 is 1.87 bits per heavy atom. The lowest BCUT2D eigenvalue weighted by Gasteiger charge is -2.40. The lowest BCUT2D eigenvalue weighted by Crippen LogP contribution is -2.61. The van der Waals surface area contributed by atoms with Gasteiger partial charge in [-0.1, -0.05) is 0 Å². The van der Waals surface area contributed by atoms with Gasteiger partial charge in [0.15, 0.2) is 11.6 Å². The van der Waals surface area contributed by atoms with Gasteiger partial charge in [0.2, 0.25) is 11.7 Å². The van der Waals surface area contributed by atoms with E-state index in [4.69, 9.17) is 33.1 Å². The van der Waals surface area contributed by atoms with Crippen LogP contribution in [0.15, 0.2) is 0 Å². The van der Waals surface area contributed by atoms with Crippen LogP contribution in [0.2, 0.25) is 0 Å². The maximum atomic E-state index is 13.6. The van der Waals surface area contributed by atoms with Crippen LogP contribution >= 0.6 is 0 Å². The highest BCUT2D eigenvalue weighted by Gasteiger charge is 2.66. The molecule has 5 saturated heterocycles. The maximum absolute atomic E-state index is 13.6. The van der Waals surface area contributed by atoms with E-state index in [2.05, 4.69) is 5.32 Å². The van der Waals surface area contributed by atoms with Gasteiger partial charge >= 0.3 is 10.3 Å². The first kappa shape index (κ1) is 29.0. The molecule has 0 saturated carbocycles. The third-order valence-electron chi connectivity index (χ3n) is 7.72. The number of nitriles is 1. The fraction of sp³-hybridized carbons (Fsp3) is 0.917. The van der Waals surface area contributed by atoms with E-state index in [1.54, 1.807) is 27.7 Å². The number of likely N-dealkylation sites (tertiary alicyclic amines) is 1. The highest BCUT2D eigenvalue weighted by atomic mass is 32.2. The number of ether oxygens (including phenoxy) is 5. The molecular formula is C24H37FN4O9S. The SMILES string of the molecule is CC1(C)O[C@@H]2[C@@H](CO[C@@]3(COS(=O)(=O)N4CCC(NCC(=O)N5C[C@@H](F)C[C@H]5C#N)CC4)OC(C)(C)O[C@@H]23)O1. The van der Waals surface area contributed by atoms with Crippen molar-refractivity contribution in [3.8, 4) is 6.07 Å². The third kappa shape index (κ3) is 5.95. The van der Waals surface area contributed by atoms with Crippen LogP contribution in [0.25, 0.3) is 0 Å². The second kappa shape index (κ2) is 10.4. The van der Waals surface area contributed by atoms with Gasteiger partial charge in [0.05, 0.1) is 25.8 Å². The monoisotopic (exact) mass is 576 g/mol. The molecule has 0 spiro atoms. The van der Waals surface area contributed by atoms with Crippen molar-refractivity contribution >= 4 is 16.2 Å². The summed E-state index contributed by atoms with van der Waals surface area (Å²) in [6.07, 6.45) is -1.94. The van der Waals surface area contributed by atoms with Gasteiger partial charge in [-0.3, -0.25) is 8.98 Å². The van der Waals surface area contributed by atoms with E-state index in [1.807, 2.05) is 6.07 Å². The van der Waals surface area contributed by atoms with Crippen LogP contribution in [0.4, 0.5) is 4.39 Å². The summed E-state index contributed by atoms with van der Waals surface area (Å²) in [7, 11) is -4.13. The number of alkyl halides is 1. The summed E-state index contributed by atoms with van der Waals surface area (Å²) in [6.45, 7) is 6.95. The Balaban J connectivity index is 1.14. The van der Waals surface area contributed by atoms with Crippen LogP contribution < -0.4 is 5.32 Å². The van der Waals surface area contributed by atoms with Crippen LogP contribution in [-0.4, -0.2) is 117 Å². The molecule has 15 heteroatoms. The molecule has 0 aliphatic carbocycles. The minimum absolute atomic E-state index is 0.0280. The molecule has 13 nitrogen and oxygen atoms in total. The van der Waals surface area contributed by atoms with Crippen LogP contribution in [-0.2, 0) is 43.0 Å². The van der Waals surface area contributed by atoms with E-state index in [9.17, 15) is 17.6 Å². The van der Waals surface area contributed by atoms with Crippen molar-refractivity contribution in [2.24, 2.45) is 0 Å². The number of rotatable bonds is 7. The average molecular weight is 577 g/mol. The Labute approximate surface area is 228 Å². The molecule has 6 atom stereocenters. The van der Waals surface area contributed by atoms with Gasteiger partial charge in [-0.25, -0.2) is 4.39 Å². The number of hydrogen-bond acceptors (Lipinski definition) is 11. The number of amides is 1. The minimum atomic E-state index is -4.13. The van der Waals surface area contributed by atoms with Crippen molar-refractivity contribution in [1.82, 2.24) is 14.5 Å². The number of nitrogens with one attached hydrogen (secondary N) is 1. The molecule has 220 valence electrons. The summed E-state index contributed by atoms with van der Waals surface area (Å²) >= 11 is 0. The quantitative estimate of drug-likeness (QED) is 0.442. The molecule has 1 N–H and O–H groups in total. The lowest BCUT2D eigenvalue weighted by molar-refractivity contribution is -0.290. The number of hydrogen-bond donors (Lipinski definition) is 1. The molecule has 1 amide bonds. The molecule has 0 aromatic rings. The maximum Gasteiger partial charge on any atom is 0.338 e. The molecule has 5 aliphatic rings. The number of carbonyl (C=O) groups is 1. The van der Waals surface area contributed by atoms with Gasteiger partial charge in [0, 0.05) is 25.6 Å². The first-order valence-electron chi connectivity index (χ1n) is 13.3. The van der Waals surface area contributed by atoms with Gasteiger partial charge in [-0.15, -0.1) is 0 Å². The Morgan fingerprint density at radius 1 is 1.15 bits per heavy atom. The highest BCUT2D eigenvalue weighted by Crippen LogP contribution is 2.47. The zero-order valence-corrected chi connectivity index (χ0v) is 23.4. The van der Waals surface area contributed by atoms with Crippen molar-refractivity contribution < 1.29 is 45.5 Å². The number of nitrogens with zero attached hydrogens (tertiary/aromatic N) is 3. The van der Waals surface area contributed by atoms with E-state index in [-0.39, 0.29) is 57.3 Å². The van der Waals surface area contributed by atoms with Crippen LogP contribution in [0.1, 0.15) is 47.0 Å². The normalized spacial score (nSPS) is 38.4. The zero-order chi connectivity index (χ0) is 28.2. The Kier molecular flexibility index (Phi) is 7.75. The molecular weight excluding hydrogens is 539 g/mol. The van der Waals surface area contributed by atoms with Crippen molar-refractivity contribution in [2.75, 3.05) is 39.4 Å². The average Bonchev–Trinajstić information content (AvgIpc) is 3.50. The van der Waals surface area contributed by atoms with Crippen molar-refractivity contribution in [3.63, 3.8) is 0 Å². The minimum Gasteiger partial charge on any atom is -0.343 e. The van der Waals surface area contributed by atoms with Crippen molar-refractivity contribution in [2.45, 2.75) is 101 Å². The number of carbonyl (C=O) groups excluding carboxylic acids is 1. The van der Waals surface area contributed by atoms with Gasteiger partial charge < -0.3 is 33.9 Å². The van der Waals surface area contributed by atoms with E-state index in [0.717, 1.165) is 0 Å². The van der Waals surface area contributed by atoms with Gasteiger partial charge in [-0.2, -0.15) is 18.0 Å². The first-order valence-corrected chi connectivity index (χ1v) is 14.7. The zero-order valence-electron chi connectivity index (χ0n) is 22.6. The number of piperidine rings is 1. The van der Waals surface area contributed by atoms with Crippen LogP contribution in [0.5, 0.6) is 0 Å². The summed E-state index contributed by atoms with van der Waals surface area (Å²) in [5.41, 5.74) is 0. The second-order valence-electron chi connectivity index (χ2n) is 11.6. The molecule has 0 unspecified atom stereocenters. The number of fused-ring (bicyclic) bond motifs is 3. The predicted molar refractivity (Wildman–Crippen MR) is 131 cm³/mol. The summed E-state index contributed by atoms with van der Waals surface area (Å²) in [5, 5.41) is 12.3. The molecule has 5 aliphatic heterocycles. The van der Waals surface area contributed by atoms with Crippen LogP contribution in [0, 0.1) is 11.3 Å². The Bertz CT molecular complexity index is 1090. The Morgan fingerprint density at radius 3 is 2.56 bits per heavy atom. The second-order valence-corrected chi connectivity index (χ2v) is 13.2. The van der Waals surface area contributed by atoms with Gasteiger partial charge in [0.25, 0.3) is 0 Å². The fourth-order valence-electron chi connectivity index (χ4n) is 5.98. The molecule has 0 aromatic carbocycles. The van der Waals surface area contributed by atoms with Crippen molar-refractivity contribution in [3.05, 3.63) is 0 Å². The molecule has 39 heavy (non-hydrogen) atoms. The molecule has 5 heterocycles. The Hall–Kier alpha value is -1.48. The van der Waals surface area contributed by atoms with Gasteiger partial charge in [-0.05, 0) is 40.5 Å². The van der Waals surface area contributed by atoms with E-state index < -0.39 is 58.7 Å². The fourth-order valence-corrected chi connectivity index (χ4v) is 7.10. The van der Waals surface area contributed by atoms with E-state index >= 15 is 0 Å².